The Kier molecular flexibility index (Phi) is 9.42. The Morgan fingerprint density at radius 3 is 2.00 bits per heavy atom. The zero-order valence-electron chi connectivity index (χ0n) is 4.09. The minimum atomic E-state index is -0.632. The fraction of sp³-hybridized carbons (Fsp3) is 1.00. The quantitative estimate of drug-likeness (QED) is 0.206. The Hall–Kier alpha value is 0.360. The molecule has 7 heavy (non-hydrogen) atoms. The second kappa shape index (κ2) is 6.36. The van der Waals surface area contributed by atoms with Gasteiger partial charge < -0.3 is 5.11 Å². The first-order chi connectivity index (χ1) is 2.77. The van der Waals surface area contributed by atoms with Crippen LogP contribution in [-0.2, 0) is 0 Å². The first-order valence-corrected chi connectivity index (χ1v) is 1.47. The molecule has 0 aromatic rings. The molecular formula is C2H4NNaO3. The van der Waals surface area contributed by atoms with Crippen molar-refractivity contribution in [2.45, 2.75) is 0 Å². The monoisotopic (exact) mass is 113 g/mol. The van der Waals surface area contributed by atoms with Crippen molar-refractivity contribution >= 4 is 0 Å². The van der Waals surface area contributed by atoms with Crippen molar-refractivity contribution in [3.05, 3.63) is 10.1 Å². The van der Waals surface area contributed by atoms with Gasteiger partial charge in [-0.3, -0.25) is 10.1 Å². The maximum atomic E-state index is 9.30. The van der Waals surface area contributed by atoms with Gasteiger partial charge in [0.25, 0.3) is 0 Å². The van der Waals surface area contributed by atoms with E-state index in [1.807, 2.05) is 0 Å². The Bertz CT molecular complexity index is 56.9. The van der Waals surface area contributed by atoms with Gasteiger partial charge in [-0.25, -0.2) is 0 Å². The summed E-state index contributed by atoms with van der Waals surface area (Å²) in [5, 5.41) is 18.5. The van der Waals surface area contributed by atoms with Gasteiger partial charge in [-0.15, -0.1) is 0 Å². The van der Waals surface area contributed by atoms with E-state index in [1.165, 1.54) is 0 Å². The smallest absolute Gasteiger partial charge is 0.850 e. The summed E-state index contributed by atoms with van der Waals surface area (Å²) in [6.07, 6.45) is 0. The molecule has 0 fully saturated rings. The van der Waals surface area contributed by atoms with Crippen LogP contribution in [-0.4, -0.2) is 18.1 Å². The summed E-state index contributed by atoms with van der Waals surface area (Å²) in [6.45, 7) is -1.08. The molecular weight excluding hydrogens is 109 g/mol. The van der Waals surface area contributed by atoms with Gasteiger partial charge in [-0.2, -0.15) is 0 Å². The van der Waals surface area contributed by atoms with Gasteiger partial charge in [0, 0.05) is 4.92 Å². The zero-order valence-corrected chi connectivity index (χ0v) is 6.09. The SMILES string of the molecule is O=[N+]([O-])CC[O-].[Na+]. The van der Waals surface area contributed by atoms with Gasteiger partial charge in [0.2, 0.25) is 0 Å². The topological polar surface area (TPSA) is 66.2 Å². The summed E-state index contributed by atoms with van der Waals surface area (Å²) >= 11 is 0. The molecule has 4 nitrogen and oxygen atoms in total. The molecule has 0 atom stereocenters. The average Bonchev–Trinajstić information content (AvgIpc) is 1.35. The van der Waals surface area contributed by atoms with Gasteiger partial charge >= 0.3 is 29.6 Å². The summed E-state index contributed by atoms with van der Waals surface area (Å²) in [4.78, 5) is 8.57. The summed E-state index contributed by atoms with van der Waals surface area (Å²) < 4.78 is 0. The molecule has 0 aliphatic heterocycles. The second-order valence-electron chi connectivity index (χ2n) is 0.760. The molecule has 0 aliphatic rings. The molecule has 0 heterocycles. The summed E-state index contributed by atoms with van der Waals surface area (Å²) in [5.74, 6) is 0. The van der Waals surface area contributed by atoms with E-state index in [0.717, 1.165) is 0 Å². The molecule has 0 unspecified atom stereocenters. The molecule has 0 spiro atoms. The molecule has 5 heteroatoms. The van der Waals surface area contributed by atoms with Crippen LogP contribution in [0.3, 0.4) is 0 Å². The van der Waals surface area contributed by atoms with E-state index < -0.39 is 18.1 Å². The molecule has 0 aromatic heterocycles. The third-order valence-electron chi connectivity index (χ3n) is 0.274. The molecule has 0 aromatic carbocycles. The van der Waals surface area contributed by atoms with Crippen LogP contribution in [0.5, 0.6) is 0 Å². The fourth-order valence-electron chi connectivity index (χ4n) is 0.0745. The number of hydrogen-bond acceptors (Lipinski definition) is 3. The van der Waals surface area contributed by atoms with Gasteiger partial charge in [-0.1, -0.05) is 6.61 Å². The van der Waals surface area contributed by atoms with E-state index in [1.54, 1.807) is 0 Å². The zero-order chi connectivity index (χ0) is 4.99. The van der Waals surface area contributed by atoms with Crippen LogP contribution in [0.2, 0.25) is 0 Å². The van der Waals surface area contributed by atoms with E-state index in [2.05, 4.69) is 0 Å². The third kappa shape index (κ3) is 10.7. The van der Waals surface area contributed by atoms with E-state index in [-0.39, 0.29) is 29.6 Å². The van der Waals surface area contributed by atoms with E-state index in [0.29, 0.717) is 0 Å². The predicted octanol–water partition coefficient (Wildman–Crippen LogP) is -4.37. The van der Waals surface area contributed by atoms with Crippen molar-refractivity contribution in [1.29, 1.82) is 0 Å². The van der Waals surface area contributed by atoms with Crippen LogP contribution < -0.4 is 34.7 Å². The number of nitro groups is 1. The molecule has 0 bridgehead atoms. The van der Waals surface area contributed by atoms with Crippen molar-refractivity contribution in [3.8, 4) is 0 Å². The largest absolute Gasteiger partial charge is 1.00 e. The number of hydrogen-bond donors (Lipinski definition) is 0. The Morgan fingerprint density at radius 1 is 1.57 bits per heavy atom. The van der Waals surface area contributed by atoms with Gasteiger partial charge in [0.1, 0.15) is 0 Å². The van der Waals surface area contributed by atoms with Crippen molar-refractivity contribution in [2.75, 3.05) is 13.2 Å². The fourth-order valence-corrected chi connectivity index (χ4v) is 0.0745. The molecule has 0 aliphatic carbocycles. The van der Waals surface area contributed by atoms with Crippen molar-refractivity contribution < 1.29 is 39.6 Å². The van der Waals surface area contributed by atoms with Gasteiger partial charge in [-0.05, 0) is 0 Å². The molecule has 0 saturated heterocycles. The maximum absolute atomic E-state index is 9.30. The predicted molar refractivity (Wildman–Crippen MR) is 16.7 cm³/mol. The van der Waals surface area contributed by atoms with Crippen LogP contribution in [0.4, 0.5) is 0 Å². The van der Waals surface area contributed by atoms with Crippen LogP contribution in [0, 0.1) is 10.1 Å². The first-order valence-electron chi connectivity index (χ1n) is 1.47. The van der Waals surface area contributed by atoms with Crippen LogP contribution in [0.15, 0.2) is 0 Å². The van der Waals surface area contributed by atoms with Gasteiger partial charge in [0.05, 0.1) is 0 Å². The van der Waals surface area contributed by atoms with Crippen LogP contribution in [0.25, 0.3) is 0 Å². The molecule has 36 valence electrons. The molecule has 0 saturated carbocycles. The van der Waals surface area contributed by atoms with Crippen LogP contribution in [0.1, 0.15) is 0 Å². The van der Waals surface area contributed by atoms with Crippen molar-refractivity contribution in [1.82, 2.24) is 0 Å². The van der Waals surface area contributed by atoms with Crippen molar-refractivity contribution in [3.63, 3.8) is 0 Å². The van der Waals surface area contributed by atoms with E-state index in [9.17, 15) is 15.2 Å². The minimum absolute atomic E-state index is 0. The Balaban J connectivity index is 0. The van der Waals surface area contributed by atoms with E-state index in [4.69, 9.17) is 0 Å². The summed E-state index contributed by atoms with van der Waals surface area (Å²) in [7, 11) is 0. The standard InChI is InChI=1S/C2H4NO3.Na/c4-2-1-3(5)6;/h1-2H2;/q-1;+1. The minimum Gasteiger partial charge on any atom is -0.850 e. The van der Waals surface area contributed by atoms with Crippen molar-refractivity contribution in [2.24, 2.45) is 0 Å². The van der Waals surface area contributed by atoms with Crippen LogP contribution >= 0.6 is 0 Å². The second-order valence-corrected chi connectivity index (χ2v) is 0.760. The first kappa shape index (κ1) is 10.4. The Morgan fingerprint density at radius 2 is 2.00 bits per heavy atom. The molecule has 0 amide bonds. The number of rotatable bonds is 2. The summed E-state index contributed by atoms with van der Waals surface area (Å²) in [6, 6.07) is 0. The third-order valence-corrected chi connectivity index (χ3v) is 0.274. The van der Waals surface area contributed by atoms with Gasteiger partial charge in [0.15, 0.2) is 6.54 Å². The normalized spacial score (nSPS) is 7.00. The average molecular weight is 113 g/mol. The maximum Gasteiger partial charge on any atom is 1.00 e. The molecule has 0 radical (unpaired) electrons. The Labute approximate surface area is 63.0 Å². The molecule has 0 rings (SSSR count). The number of nitrogens with zero attached hydrogens (tertiary/aromatic N) is 1. The summed E-state index contributed by atoms with van der Waals surface area (Å²) in [5.41, 5.74) is 0. The molecule has 0 N–H and O–H groups in total. The van der Waals surface area contributed by atoms with E-state index >= 15 is 0 Å².